The van der Waals surface area contributed by atoms with Gasteiger partial charge in [-0.2, -0.15) is 13.2 Å². The van der Waals surface area contributed by atoms with Crippen LogP contribution in [0.3, 0.4) is 0 Å². The Balaban J connectivity index is 2.19. The van der Waals surface area contributed by atoms with Crippen molar-refractivity contribution in [2.45, 2.75) is 57.2 Å². The molecule has 20 heavy (non-hydrogen) atoms. The minimum Gasteiger partial charge on any atom is -0.381 e. The fourth-order valence-electron chi connectivity index (χ4n) is 2.71. The highest BCUT2D eigenvalue weighted by Crippen LogP contribution is 2.39. The van der Waals surface area contributed by atoms with Gasteiger partial charge in [0, 0.05) is 6.04 Å². The highest BCUT2D eigenvalue weighted by Gasteiger charge is 2.34. The summed E-state index contributed by atoms with van der Waals surface area (Å²) in [4.78, 5) is 0. The fraction of sp³-hybridized carbons (Fsp3) is 0.600. The third-order valence-corrected chi connectivity index (χ3v) is 4.09. The van der Waals surface area contributed by atoms with Gasteiger partial charge < -0.3 is 5.32 Å². The van der Waals surface area contributed by atoms with Crippen molar-refractivity contribution in [3.05, 3.63) is 28.8 Å². The van der Waals surface area contributed by atoms with E-state index in [2.05, 4.69) is 5.32 Å². The predicted octanol–water partition coefficient (Wildman–Crippen LogP) is 5.88. The van der Waals surface area contributed by atoms with Gasteiger partial charge in [-0.15, -0.1) is 0 Å². The lowest BCUT2D eigenvalue weighted by atomic mass is 9.96. The molecule has 1 fully saturated rings. The van der Waals surface area contributed by atoms with E-state index < -0.39 is 11.7 Å². The van der Waals surface area contributed by atoms with Crippen LogP contribution in [0.1, 0.15) is 50.5 Å². The van der Waals surface area contributed by atoms with Gasteiger partial charge in [-0.1, -0.05) is 49.8 Å². The molecule has 0 aliphatic heterocycles. The van der Waals surface area contributed by atoms with E-state index in [1.165, 1.54) is 18.6 Å². The lowest BCUT2D eigenvalue weighted by Crippen LogP contribution is -2.23. The molecule has 1 N–H and O–H groups in total. The van der Waals surface area contributed by atoms with E-state index in [4.69, 9.17) is 11.6 Å². The molecule has 1 saturated carbocycles. The number of para-hydroxylation sites is 1. The van der Waals surface area contributed by atoms with Gasteiger partial charge in [0.15, 0.2) is 0 Å². The molecule has 0 unspecified atom stereocenters. The Morgan fingerprint density at radius 2 is 1.60 bits per heavy atom. The Morgan fingerprint density at radius 1 is 1.00 bits per heavy atom. The van der Waals surface area contributed by atoms with Crippen LogP contribution in [0.25, 0.3) is 0 Å². The summed E-state index contributed by atoms with van der Waals surface area (Å²) in [5.74, 6) is 0. The van der Waals surface area contributed by atoms with E-state index >= 15 is 0 Å². The maximum Gasteiger partial charge on any atom is 0.418 e. The van der Waals surface area contributed by atoms with Gasteiger partial charge in [0.1, 0.15) is 0 Å². The summed E-state index contributed by atoms with van der Waals surface area (Å²) in [6.07, 6.45) is 3.10. The standard InChI is InChI=1S/C15H19ClF3N/c16-13-10-6-9-12(15(17,18)19)14(13)20-11-7-4-2-1-3-5-8-11/h6,9-11,20H,1-5,7-8H2. The molecule has 0 amide bonds. The Hall–Kier alpha value is -0.900. The quantitative estimate of drug-likeness (QED) is 0.719. The smallest absolute Gasteiger partial charge is 0.381 e. The minimum atomic E-state index is -4.38. The molecular formula is C15H19ClF3N. The van der Waals surface area contributed by atoms with Crippen LogP contribution in [-0.2, 0) is 6.18 Å². The van der Waals surface area contributed by atoms with Crippen molar-refractivity contribution in [1.82, 2.24) is 0 Å². The minimum absolute atomic E-state index is 0.0345. The number of hydrogen-bond donors (Lipinski definition) is 1. The van der Waals surface area contributed by atoms with Crippen molar-refractivity contribution < 1.29 is 13.2 Å². The number of benzene rings is 1. The van der Waals surface area contributed by atoms with E-state index in [0.717, 1.165) is 44.6 Å². The van der Waals surface area contributed by atoms with Crippen molar-refractivity contribution >= 4 is 17.3 Å². The van der Waals surface area contributed by atoms with E-state index in [1.807, 2.05) is 0 Å². The largest absolute Gasteiger partial charge is 0.418 e. The van der Waals surface area contributed by atoms with Gasteiger partial charge >= 0.3 is 6.18 Å². The molecule has 1 aliphatic carbocycles. The van der Waals surface area contributed by atoms with E-state index in [1.54, 1.807) is 0 Å². The Labute approximate surface area is 122 Å². The number of hydrogen-bond acceptors (Lipinski definition) is 1. The van der Waals surface area contributed by atoms with Crippen LogP contribution in [-0.4, -0.2) is 6.04 Å². The van der Waals surface area contributed by atoms with E-state index in [-0.39, 0.29) is 16.8 Å². The van der Waals surface area contributed by atoms with Gasteiger partial charge in [0.2, 0.25) is 0 Å². The van der Waals surface area contributed by atoms with Crippen LogP contribution in [0.5, 0.6) is 0 Å². The zero-order chi connectivity index (χ0) is 14.6. The third kappa shape index (κ3) is 4.05. The zero-order valence-corrected chi connectivity index (χ0v) is 12.0. The molecule has 0 aromatic heterocycles. The van der Waals surface area contributed by atoms with Crippen LogP contribution in [0, 0.1) is 0 Å². The van der Waals surface area contributed by atoms with Gasteiger partial charge in [-0.3, -0.25) is 0 Å². The summed E-state index contributed by atoms with van der Waals surface area (Å²) in [5, 5.41) is 3.18. The lowest BCUT2D eigenvalue weighted by molar-refractivity contribution is -0.137. The van der Waals surface area contributed by atoms with Crippen molar-refractivity contribution in [3.63, 3.8) is 0 Å². The molecule has 0 saturated heterocycles. The monoisotopic (exact) mass is 305 g/mol. The fourth-order valence-corrected chi connectivity index (χ4v) is 2.94. The first kappa shape index (κ1) is 15.5. The molecule has 0 radical (unpaired) electrons. The summed E-state index contributed by atoms with van der Waals surface area (Å²) in [5.41, 5.74) is -0.640. The van der Waals surface area contributed by atoms with Gasteiger partial charge in [0.25, 0.3) is 0 Å². The van der Waals surface area contributed by atoms with Crippen LogP contribution in [0.4, 0.5) is 18.9 Å². The van der Waals surface area contributed by atoms with Crippen molar-refractivity contribution in [2.24, 2.45) is 0 Å². The summed E-state index contributed by atoms with van der Waals surface area (Å²) in [6, 6.07) is 4.00. The SMILES string of the molecule is FC(F)(F)c1cccc(Cl)c1NC1CCCCCCC1. The van der Waals surface area contributed by atoms with Crippen molar-refractivity contribution in [2.75, 3.05) is 5.32 Å². The molecule has 1 nitrogen and oxygen atoms in total. The Bertz CT molecular complexity index is 437. The topological polar surface area (TPSA) is 12.0 Å². The molecule has 1 aromatic rings. The average Bonchev–Trinajstić information content (AvgIpc) is 2.33. The van der Waals surface area contributed by atoms with Gasteiger partial charge in [0.05, 0.1) is 16.3 Å². The first-order valence-corrected chi connectivity index (χ1v) is 7.48. The van der Waals surface area contributed by atoms with E-state index in [9.17, 15) is 13.2 Å². The summed E-state index contributed by atoms with van der Waals surface area (Å²) >= 11 is 5.97. The number of rotatable bonds is 2. The molecule has 1 aliphatic rings. The van der Waals surface area contributed by atoms with Crippen LogP contribution in [0.15, 0.2) is 18.2 Å². The second-order valence-electron chi connectivity index (χ2n) is 5.35. The molecule has 1 aromatic carbocycles. The second-order valence-corrected chi connectivity index (χ2v) is 5.75. The number of nitrogens with one attached hydrogen (secondary N) is 1. The molecule has 2 rings (SSSR count). The second kappa shape index (κ2) is 6.70. The summed E-state index contributed by atoms with van der Waals surface area (Å²) in [7, 11) is 0. The van der Waals surface area contributed by atoms with Crippen molar-refractivity contribution in [1.29, 1.82) is 0 Å². The van der Waals surface area contributed by atoms with Crippen molar-refractivity contribution in [3.8, 4) is 0 Å². The maximum atomic E-state index is 13.0. The molecule has 0 heterocycles. The molecule has 5 heteroatoms. The molecule has 112 valence electrons. The first-order chi connectivity index (χ1) is 9.48. The highest BCUT2D eigenvalue weighted by molar-refractivity contribution is 6.33. The first-order valence-electron chi connectivity index (χ1n) is 7.11. The van der Waals surface area contributed by atoms with Gasteiger partial charge in [-0.25, -0.2) is 0 Å². The maximum absolute atomic E-state index is 13.0. The number of alkyl halides is 3. The van der Waals surface area contributed by atoms with Crippen LogP contribution >= 0.6 is 11.6 Å². The van der Waals surface area contributed by atoms with E-state index in [0.29, 0.717) is 0 Å². The Morgan fingerprint density at radius 3 is 2.20 bits per heavy atom. The van der Waals surface area contributed by atoms with Crippen LogP contribution in [0.2, 0.25) is 5.02 Å². The highest BCUT2D eigenvalue weighted by atomic mass is 35.5. The third-order valence-electron chi connectivity index (χ3n) is 3.77. The molecule has 0 bridgehead atoms. The van der Waals surface area contributed by atoms with Crippen LogP contribution < -0.4 is 5.32 Å². The lowest BCUT2D eigenvalue weighted by Gasteiger charge is -2.25. The average molecular weight is 306 g/mol. The predicted molar refractivity (Wildman–Crippen MR) is 76.2 cm³/mol. The number of halogens is 4. The number of anilines is 1. The molecular weight excluding hydrogens is 287 g/mol. The van der Waals surface area contributed by atoms with Gasteiger partial charge in [-0.05, 0) is 25.0 Å². The summed E-state index contributed by atoms with van der Waals surface area (Å²) in [6.45, 7) is 0. The molecule has 0 atom stereocenters. The molecule has 0 spiro atoms. The zero-order valence-electron chi connectivity index (χ0n) is 11.3. The summed E-state index contributed by atoms with van der Waals surface area (Å²) < 4.78 is 39.1. The normalized spacial score (nSPS) is 18.4. The Kier molecular flexibility index (Phi) is 5.19.